The molecule has 1 aromatic heterocycles. The van der Waals surface area contributed by atoms with Crippen LogP contribution in [0.5, 0.6) is 11.5 Å². The molecule has 0 bridgehead atoms. The number of aryl methyl sites for hydroxylation is 1. The van der Waals surface area contributed by atoms with Gasteiger partial charge in [0.05, 0.1) is 6.21 Å². The molecule has 3 rings (SSSR count). The van der Waals surface area contributed by atoms with Crippen molar-refractivity contribution in [2.45, 2.75) is 12.1 Å². The number of aromatic nitrogens is 3. The summed E-state index contributed by atoms with van der Waals surface area (Å²) in [6.07, 6.45) is 3.63. The highest BCUT2D eigenvalue weighted by atomic mass is 79.9. The zero-order chi connectivity index (χ0) is 21.5. The molecule has 2 aromatic carbocycles. The molecule has 10 heteroatoms. The Morgan fingerprint density at radius 2 is 2.03 bits per heavy atom. The molecular weight excluding hydrogens is 470 g/mol. The molecule has 8 nitrogen and oxygen atoms in total. The van der Waals surface area contributed by atoms with Crippen LogP contribution in [0.1, 0.15) is 11.1 Å². The van der Waals surface area contributed by atoms with Crippen LogP contribution in [0.4, 0.5) is 0 Å². The standard InChI is InChI=1S/C20H22BrN5O3S/c1-13-8-15(17(21)9-18(13)27)10-23-26-19(24-25-20(26)30-3)14-4-6-16(7-5-14)29-12-28-11-22-2/h4-10,22,27H,11-12H2,1-3H3/b23-10+. The van der Waals surface area contributed by atoms with Crippen LogP contribution in [0.15, 0.2) is 51.1 Å². The van der Waals surface area contributed by atoms with E-state index < -0.39 is 0 Å². The normalized spacial score (nSPS) is 11.3. The molecule has 0 amide bonds. The number of thioether (sulfide) groups is 1. The molecular formula is C20H22BrN5O3S. The summed E-state index contributed by atoms with van der Waals surface area (Å²) in [5.41, 5.74) is 2.45. The number of phenolic OH excluding ortho intramolecular Hbond substituents is 1. The minimum absolute atomic E-state index is 0.165. The van der Waals surface area contributed by atoms with E-state index in [0.717, 1.165) is 21.2 Å². The fourth-order valence-corrected chi connectivity index (χ4v) is 3.41. The van der Waals surface area contributed by atoms with Gasteiger partial charge in [-0.2, -0.15) is 9.78 Å². The van der Waals surface area contributed by atoms with Crippen LogP contribution in [0.25, 0.3) is 11.4 Å². The van der Waals surface area contributed by atoms with Gasteiger partial charge in [-0.05, 0) is 78.1 Å². The van der Waals surface area contributed by atoms with Gasteiger partial charge in [-0.3, -0.25) is 5.32 Å². The number of halogens is 1. The lowest BCUT2D eigenvalue weighted by molar-refractivity contribution is 0.00855. The molecule has 1 heterocycles. The van der Waals surface area contributed by atoms with Crippen LogP contribution in [-0.2, 0) is 4.74 Å². The minimum atomic E-state index is 0.165. The number of phenols is 1. The molecule has 30 heavy (non-hydrogen) atoms. The Hall–Kier alpha value is -2.40. The van der Waals surface area contributed by atoms with E-state index in [1.54, 1.807) is 24.0 Å². The molecule has 0 unspecified atom stereocenters. The van der Waals surface area contributed by atoms with Crippen molar-refractivity contribution in [1.82, 2.24) is 20.2 Å². The summed E-state index contributed by atoms with van der Waals surface area (Å²) in [6, 6.07) is 11.0. The largest absolute Gasteiger partial charge is 0.508 e. The predicted octanol–water partition coefficient (Wildman–Crippen LogP) is 3.86. The average molecular weight is 492 g/mol. The van der Waals surface area contributed by atoms with E-state index in [2.05, 4.69) is 36.5 Å². The van der Waals surface area contributed by atoms with E-state index in [1.807, 2.05) is 43.5 Å². The highest BCUT2D eigenvalue weighted by Crippen LogP contribution is 2.27. The van der Waals surface area contributed by atoms with Gasteiger partial charge in [0, 0.05) is 15.6 Å². The first-order valence-electron chi connectivity index (χ1n) is 9.02. The second kappa shape index (κ2) is 10.6. The van der Waals surface area contributed by atoms with E-state index >= 15 is 0 Å². The second-order valence-corrected chi connectivity index (χ2v) is 7.84. The lowest BCUT2D eigenvalue weighted by atomic mass is 10.1. The Bertz CT molecular complexity index is 1020. The molecule has 158 valence electrons. The SMILES string of the molecule is CNCOCOc1ccc(-c2nnc(SC)n2/N=C/c2cc(C)c(O)cc2Br)cc1. The molecule has 0 fully saturated rings. The van der Waals surface area contributed by atoms with E-state index in [9.17, 15) is 5.11 Å². The third-order valence-electron chi connectivity index (χ3n) is 4.09. The Balaban J connectivity index is 1.84. The van der Waals surface area contributed by atoms with Crippen LogP contribution in [0.3, 0.4) is 0 Å². The lowest BCUT2D eigenvalue weighted by Crippen LogP contribution is -2.14. The summed E-state index contributed by atoms with van der Waals surface area (Å²) < 4.78 is 13.2. The Kier molecular flexibility index (Phi) is 7.86. The maximum atomic E-state index is 9.83. The number of hydrogen-bond acceptors (Lipinski definition) is 8. The highest BCUT2D eigenvalue weighted by molar-refractivity contribution is 9.10. The van der Waals surface area contributed by atoms with Gasteiger partial charge in [-0.15, -0.1) is 10.2 Å². The second-order valence-electron chi connectivity index (χ2n) is 6.22. The zero-order valence-electron chi connectivity index (χ0n) is 16.8. The fourth-order valence-electron chi connectivity index (χ4n) is 2.54. The van der Waals surface area contributed by atoms with Gasteiger partial charge >= 0.3 is 0 Å². The number of ether oxygens (including phenoxy) is 2. The van der Waals surface area contributed by atoms with Crippen LogP contribution in [0.2, 0.25) is 0 Å². The smallest absolute Gasteiger partial charge is 0.212 e. The van der Waals surface area contributed by atoms with Crippen LogP contribution >= 0.6 is 27.7 Å². The molecule has 0 saturated heterocycles. The van der Waals surface area contributed by atoms with Crippen LogP contribution in [-0.4, -0.2) is 53.0 Å². The first-order valence-corrected chi connectivity index (χ1v) is 11.0. The van der Waals surface area contributed by atoms with E-state index in [-0.39, 0.29) is 12.5 Å². The molecule has 0 atom stereocenters. The summed E-state index contributed by atoms with van der Waals surface area (Å²) in [5, 5.41) is 26.5. The van der Waals surface area contributed by atoms with Crippen molar-refractivity contribution in [3.8, 4) is 22.9 Å². The number of benzene rings is 2. The van der Waals surface area contributed by atoms with E-state index in [4.69, 9.17) is 9.47 Å². The third kappa shape index (κ3) is 5.39. The van der Waals surface area contributed by atoms with E-state index in [0.29, 0.717) is 23.5 Å². The Morgan fingerprint density at radius 3 is 2.73 bits per heavy atom. The topological polar surface area (TPSA) is 93.8 Å². The van der Waals surface area contributed by atoms with Gasteiger partial charge in [0.2, 0.25) is 5.16 Å². The maximum Gasteiger partial charge on any atom is 0.212 e. The molecule has 0 spiro atoms. The first-order chi connectivity index (χ1) is 14.5. The van der Waals surface area contributed by atoms with Crippen molar-refractivity contribution in [1.29, 1.82) is 0 Å². The summed E-state index contributed by atoms with van der Waals surface area (Å²) in [4.78, 5) is 0. The summed E-state index contributed by atoms with van der Waals surface area (Å²) in [5.74, 6) is 1.53. The fraction of sp³-hybridized carbons (Fsp3) is 0.250. The monoisotopic (exact) mass is 491 g/mol. The van der Waals surface area contributed by atoms with Gasteiger partial charge in [-0.25, -0.2) is 0 Å². The minimum Gasteiger partial charge on any atom is -0.508 e. The van der Waals surface area contributed by atoms with Crippen molar-refractivity contribution in [3.63, 3.8) is 0 Å². The zero-order valence-corrected chi connectivity index (χ0v) is 19.2. The Morgan fingerprint density at radius 1 is 1.27 bits per heavy atom. The van der Waals surface area contributed by atoms with Crippen molar-refractivity contribution in [2.75, 3.05) is 26.8 Å². The summed E-state index contributed by atoms with van der Waals surface area (Å²) in [6.45, 7) is 2.43. The number of nitrogens with one attached hydrogen (secondary N) is 1. The van der Waals surface area contributed by atoms with E-state index in [1.165, 1.54) is 11.8 Å². The van der Waals surface area contributed by atoms with Gasteiger partial charge in [-0.1, -0.05) is 11.8 Å². The maximum absolute atomic E-state index is 9.83. The third-order valence-corrected chi connectivity index (χ3v) is 5.40. The van der Waals surface area contributed by atoms with Crippen molar-refractivity contribution < 1.29 is 14.6 Å². The molecule has 3 aromatic rings. The Labute approximate surface area is 187 Å². The lowest BCUT2D eigenvalue weighted by Gasteiger charge is -2.08. The van der Waals surface area contributed by atoms with Gasteiger partial charge in [0.25, 0.3) is 0 Å². The number of aromatic hydroxyl groups is 1. The molecule has 2 N–H and O–H groups in total. The van der Waals surface area contributed by atoms with Gasteiger partial charge in [0.1, 0.15) is 18.2 Å². The molecule has 0 saturated carbocycles. The molecule has 0 aliphatic heterocycles. The van der Waals surface area contributed by atoms with Crippen molar-refractivity contribution in [2.24, 2.45) is 5.10 Å². The number of nitrogens with zero attached hydrogens (tertiary/aromatic N) is 4. The summed E-state index contributed by atoms with van der Waals surface area (Å²) in [7, 11) is 1.80. The highest BCUT2D eigenvalue weighted by Gasteiger charge is 2.13. The van der Waals surface area contributed by atoms with Crippen molar-refractivity contribution in [3.05, 3.63) is 52.0 Å². The van der Waals surface area contributed by atoms with Crippen molar-refractivity contribution >= 4 is 33.9 Å². The molecule has 0 aliphatic rings. The molecule has 0 aliphatic carbocycles. The van der Waals surface area contributed by atoms with Crippen LogP contribution < -0.4 is 10.1 Å². The summed E-state index contributed by atoms with van der Waals surface area (Å²) >= 11 is 4.91. The molecule has 0 radical (unpaired) electrons. The number of hydrogen-bond donors (Lipinski definition) is 2. The first kappa shape index (κ1) is 22.3. The number of rotatable bonds is 9. The predicted molar refractivity (Wildman–Crippen MR) is 121 cm³/mol. The van der Waals surface area contributed by atoms with Gasteiger partial charge in [0.15, 0.2) is 12.6 Å². The van der Waals surface area contributed by atoms with Gasteiger partial charge < -0.3 is 14.6 Å². The quantitative estimate of drug-likeness (QED) is 0.203. The average Bonchev–Trinajstić information content (AvgIpc) is 3.16. The van der Waals surface area contributed by atoms with Crippen LogP contribution in [0, 0.1) is 6.92 Å².